The number of halogens is 2. The third-order valence-electron chi connectivity index (χ3n) is 2.14. The molecule has 0 aliphatic heterocycles. The standard InChI is InChI=1S/C10H8BrClN4O/c11-6-4-7(12)10(14-5-6)16-3-1-2-8(16)9(13)15-17/h1-5,17H,(H2,13,15). The Morgan fingerprint density at radius 3 is 3.00 bits per heavy atom. The fourth-order valence-electron chi connectivity index (χ4n) is 1.41. The van der Waals surface area contributed by atoms with Crippen molar-refractivity contribution in [2.24, 2.45) is 10.9 Å². The van der Waals surface area contributed by atoms with Crippen molar-refractivity contribution < 1.29 is 5.21 Å². The molecule has 0 amide bonds. The number of hydrogen-bond donors (Lipinski definition) is 2. The van der Waals surface area contributed by atoms with E-state index in [1.165, 1.54) is 0 Å². The smallest absolute Gasteiger partial charge is 0.187 e. The molecule has 3 N–H and O–H groups in total. The molecule has 0 saturated heterocycles. The van der Waals surface area contributed by atoms with Crippen LogP contribution in [0.15, 0.2) is 40.2 Å². The van der Waals surface area contributed by atoms with Crippen molar-refractivity contribution in [3.63, 3.8) is 0 Å². The molecule has 0 saturated carbocycles. The minimum atomic E-state index is -0.00390. The topological polar surface area (TPSA) is 76.4 Å². The second-order valence-corrected chi connectivity index (χ2v) is 4.53. The summed E-state index contributed by atoms with van der Waals surface area (Å²) in [5.74, 6) is 0.511. The lowest BCUT2D eigenvalue weighted by Crippen LogP contribution is -2.18. The third-order valence-corrected chi connectivity index (χ3v) is 2.85. The van der Waals surface area contributed by atoms with Crippen LogP contribution in [-0.4, -0.2) is 20.6 Å². The Bertz CT molecular complexity index is 581. The summed E-state index contributed by atoms with van der Waals surface area (Å²) in [6.07, 6.45) is 3.35. The SMILES string of the molecule is N/C(=N/O)c1cccn1-c1ncc(Br)cc1Cl. The first-order chi connectivity index (χ1) is 8.13. The Morgan fingerprint density at radius 1 is 1.59 bits per heavy atom. The van der Waals surface area contributed by atoms with Gasteiger partial charge in [0, 0.05) is 16.9 Å². The number of nitrogens with zero attached hydrogens (tertiary/aromatic N) is 3. The number of amidine groups is 1. The van der Waals surface area contributed by atoms with E-state index in [1.807, 2.05) is 0 Å². The molecule has 0 atom stereocenters. The van der Waals surface area contributed by atoms with Crippen molar-refractivity contribution >= 4 is 33.4 Å². The van der Waals surface area contributed by atoms with Gasteiger partial charge in [-0.3, -0.25) is 4.57 Å². The van der Waals surface area contributed by atoms with E-state index in [-0.39, 0.29) is 5.84 Å². The van der Waals surface area contributed by atoms with Gasteiger partial charge in [0.05, 0.1) is 10.7 Å². The van der Waals surface area contributed by atoms with E-state index in [4.69, 9.17) is 22.5 Å². The van der Waals surface area contributed by atoms with Gasteiger partial charge in [0.1, 0.15) is 0 Å². The van der Waals surface area contributed by atoms with Crippen LogP contribution in [0.5, 0.6) is 0 Å². The molecule has 0 bridgehead atoms. The van der Waals surface area contributed by atoms with Gasteiger partial charge in [-0.05, 0) is 34.1 Å². The Kier molecular flexibility index (Phi) is 3.35. The monoisotopic (exact) mass is 314 g/mol. The predicted molar refractivity (Wildman–Crippen MR) is 68.8 cm³/mol. The highest BCUT2D eigenvalue weighted by molar-refractivity contribution is 9.10. The normalized spacial score (nSPS) is 11.8. The van der Waals surface area contributed by atoms with Crippen molar-refractivity contribution in [1.82, 2.24) is 9.55 Å². The fraction of sp³-hybridized carbons (Fsp3) is 0. The predicted octanol–water partition coefficient (Wildman–Crippen LogP) is 2.38. The van der Waals surface area contributed by atoms with Gasteiger partial charge in [-0.15, -0.1) is 0 Å². The van der Waals surface area contributed by atoms with Gasteiger partial charge in [0.15, 0.2) is 11.7 Å². The molecule has 0 unspecified atom stereocenters. The first kappa shape index (κ1) is 11.9. The Hall–Kier alpha value is -1.53. The summed E-state index contributed by atoms with van der Waals surface area (Å²) in [5.41, 5.74) is 6.07. The molecule has 2 aromatic rings. The van der Waals surface area contributed by atoms with E-state index >= 15 is 0 Å². The number of aromatic nitrogens is 2. The van der Waals surface area contributed by atoms with Crippen LogP contribution in [0, 0.1) is 0 Å². The van der Waals surface area contributed by atoms with Crippen LogP contribution in [-0.2, 0) is 0 Å². The Morgan fingerprint density at radius 2 is 2.35 bits per heavy atom. The van der Waals surface area contributed by atoms with Crippen LogP contribution in [0.1, 0.15) is 5.69 Å². The van der Waals surface area contributed by atoms with Crippen molar-refractivity contribution in [3.05, 3.63) is 45.8 Å². The van der Waals surface area contributed by atoms with Crippen LogP contribution in [0.2, 0.25) is 5.02 Å². The van der Waals surface area contributed by atoms with Crippen LogP contribution in [0.3, 0.4) is 0 Å². The molecule has 2 rings (SSSR count). The highest BCUT2D eigenvalue weighted by Crippen LogP contribution is 2.23. The van der Waals surface area contributed by atoms with Crippen LogP contribution < -0.4 is 5.73 Å². The minimum absolute atomic E-state index is 0.00390. The van der Waals surface area contributed by atoms with Crippen LogP contribution in [0.25, 0.3) is 5.82 Å². The quantitative estimate of drug-likeness (QED) is 0.387. The number of rotatable bonds is 2. The summed E-state index contributed by atoms with van der Waals surface area (Å²) in [6, 6.07) is 5.18. The lowest BCUT2D eigenvalue weighted by Gasteiger charge is -2.08. The van der Waals surface area contributed by atoms with Crippen molar-refractivity contribution in [2.45, 2.75) is 0 Å². The lowest BCUT2D eigenvalue weighted by atomic mass is 10.4. The minimum Gasteiger partial charge on any atom is -0.409 e. The highest BCUT2D eigenvalue weighted by atomic mass is 79.9. The van der Waals surface area contributed by atoms with Gasteiger partial charge in [-0.2, -0.15) is 0 Å². The summed E-state index contributed by atoms with van der Waals surface area (Å²) in [7, 11) is 0. The van der Waals surface area contributed by atoms with Gasteiger partial charge in [-0.25, -0.2) is 4.98 Å². The largest absolute Gasteiger partial charge is 0.409 e. The van der Waals surface area contributed by atoms with Crippen LogP contribution in [0.4, 0.5) is 0 Å². The molecule has 2 aromatic heterocycles. The second-order valence-electron chi connectivity index (χ2n) is 3.21. The van der Waals surface area contributed by atoms with E-state index < -0.39 is 0 Å². The molecule has 0 aliphatic carbocycles. The highest BCUT2D eigenvalue weighted by Gasteiger charge is 2.11. The summed E-state index contributed by atoms with van der Waals surface area (Å²) < 4.78 is 2.42. The summed E-state index contributed by atoms with van der Waals surface area (Å²) >= 11 is 9.36. The average molecular weight is 316 g/mol. The molecule has 5 nitrogen and oxygen atoms in total. The zero-order valence-corrected chi connectivity index (χ0v) is 10.9. The molecule has 0 aliphatic rings. The van der Waals surface area contributed by atoms with Crippen molar-refractivity contribution in [1.29, 1.82) is 0 Å². The summed E-state index contributed by atoms with van der Waals surface area (Å²) in [4.78, 5) is 4.19. The zero-order chi connectivity index (χ0) is 12.4. The maximum atomic E-state index is 8.68. The van der Waals surface area contributed by atoms with Gasteiger partial charge < -0.3 is 10.9 Å². The molecular weight excluding hydrogens is 307 g/mol. The Balaban J connectivity index is 2.58. The molecule has 2 heterocycles. The first-order valence-corrected chi connectivity index (χ1v) is 5.77. The van der Waals surface area contributed by atoms with E-state index in [0.717, 1.165) is 4.47 Å². The van der Waals surface area contributed by atoms with Gasteiger partial charge >= 0.3 is 0 Å². The number of hydrogen-bond acceptors (Lipinski definition) is 3. The molecule has 0 aromatic carbocycles. The second kappa shape index (κ2) is 4.77. The number of nitrogens with two attached hydrogens (primary N) is 1. The van der Waals surface area contributed by atoms with Gasteiger partial charge in [0.2, 0.25) is 0 Å². The van der Waals surface area contributed by atoms with Crippen LogP contribution >= 0.6 is 27.5 Å². The van der Waals surface area contributed by atoms with E-state index in [2.05, 4.69) is 26.1 Å². The van der Waals surface area contributed by atoms with Gasteiger partial charge in [0.25, 0.3) is 0 Å². The summed E-state index contributed by atoms with van der Waals surface area (Å²) in [6.45, 7) is 0. The van der Waals surface area contributed by atoms with Crippen molar-refractivity contribution in [2.75, 3.05) is 0 Å². The molecule has 0 fully saturated rings. The van der Waals surface area contributed by atoms with Crippen molar-refractivity contribution in [3.8, 4) is 5.82 Å². The maximum Gasteiger partial charge on any atom is 0.187 e. The lowest BCUT2D eigenvalue weighted by molar-refractivity contribution is 0.318. The molecule has 0 radical (unpaired) electrons. The molecule has 88 valence electrons. The maximum absolute atomic E-state index is 8.68. The van der Waals surface area contributed by atoms with E-state index in [1.54, 1.807) is 35.2 Å². The Labute approximate surface area is 111 Å². The molecular formula is C10H8BrClN4O. The molecule has 7 heteroatoms. The first-order valence-electron chi connectivity index (χ1n) is 4.60. The molecule has 17 heavy (non-hydrogen) atoms. The zero-order valence-electron chi connectivity index (χ0n) is 8.51. The molecule has 0 spiro atoms. The number of oxime groups is 1. The van der Waals surface area contributed by atoms with E-state index in [0.29, 0.717) is 16.5 Å². The number of pyridine rings is 1. The van der Waals surface area contributed by atoms with E-state index in [9.17, 15) is 0 Å². The van der Waals surface area contributed by atoms with Gasteiger partial charge in [-0.1, -0.05) is 16.8 Å². The average Bonchev–Trinajstić information content (AvgIpc) is 2.77. The third kappa shape index (κ3) is 2.27. The fourth-order valence-corrected chi connectivity index (χ4v) is 2.13. The summed E-state index contributed by atoms with van der Waals surface area (Å²) in [5, 5.41) is 12.1.